The van der Waals surface area contributed by atoms with Crippen LogP contribution in [0, 0.1) is 5.41 Å². The maximum Gasteiger partial charge on any atom is 0.411 e. The van der Waals surface area contributed by atoms with E-state index in [1.54, 1.807) is 6.07 Å². The average Bonchev–Trinajstić information content (AvgIpc) is 3.28. The van der Waals surface area contributed by atoms with E-state index in [2.05, 4.69) is 5.32 Å². The van der Waals surface area contributed by atoms with Gasteiger partial charge in [-0.3, -0.25) is 10.7 Å². The monoisotopic (exact) mass is 512 g/mol. The Bertz CT molecular complexity index is 1350. The van der Waals surface area contributed by atoms with Gasteiger partial charge in [-0.25, -0.2) is 18.4 Å². The Balaban J connectivity index is 1.51. The molecule has 0 aromatic heterocycles. The van der Waals surface area contributed by atoms with Crippen LogP contribution < -0.4 is 20.9 Å². The number of para-hydroxylation sites is 1. The Kier molecular flexibility index (Phi) is 7.29. The van der Waals surface area contributed by atoms with Gasteiger partial charge in [-0.1, -0.05) is 48.5 Å². The van der Waals surface area contributed by atoms with E-state index >= 15 is 0 Å². The zero-order valence-electron chi connectivity index (χ0n) is 18.5. The molecule has 3 aromatic carbocycles. The second kappa shape index (κ2) is 10.4. The molecule has 1 amide bonds. The van der Waals surface area contributed by atoms with E-state index in [4.69, 9.17) is 25.8 Å². The van der Waals surface area contributed by atoms with Crippen LogP contribution in [0.15, 0.2) is 82.6 Å². The molecule has 182 valence electrons. The van der Waals surface area contributed by atoms with Gasteiger partial charge in [-0.15, -0.1) is 11.8 Å². The highest BCUT2D eigenvalue weighted by atomic mass is 32.2. The quantitative estimate of drug-likeness (QED) is 0.265. The zero-order valence-corrected chi connectivity index (χ0v) is 20.1. The lowest BCUT2D eigenvalue weighted by molar-refractivity contribution is 0.0893. The van der Waals surface area contributed by atoms with Gasteiger partial charge in [-0.2, -0.15) is 0 Å². The summed E-state index contributed by atoms with van der Waals surface area (Å²) in [6.07, 6.45) is -0.918. The van der Waals surface area contributed by atoms with Gasteiger partial charge < -0.3 is 15.2 Å². The third-order valence-corrected chi connectivity index (χ3v) is 7.64. The number of carbonyl (C=O) groups excluding carboxylic acids is 1. The number of amides is 1. The number of fused-ring (bicyclic) bond motifs is 1. The summed E-state index contributed by atoms with van der Waals surface area (Å²) in [7, 11) is -4.03. The van der Waals surface area contributed by atoms with Gasteiger partial charge in [0, 0.05) is 10.5 Å². The van der Waals surface area contributed by atoms with Gasteiger partial charge in [0.05, 0.1) is 10.9 Å². The van der Waals surface area contributed by atoms with E-state index in [-0.39, 0.29) is 28.3 Å². The molecule has 11 heteroatoms. The van der Waals surface area contributed by atoms with Gasteiger partial charge in [0.25, 0.3) is 0 Å². The summed E-state index contributed by atoms with van der Waals surface area (Å²) in [5.74, 6) is 0.729. The molecule has 0 aliphatic carbocycles. The van der Waals surface area contributed by atoms with Crippen molar-refractivity contribution >= 4 is 39.4 Å². The lowest BCUT2D eigenvalue weighted by Gasteiger charge is -2.21. The Morgan fingerprint density at radius 1 is 1.09 bits per heavy atom. The van der Waals surface area contributed by atoms with Crippen molar-refractivity contribution in [3.63, 3.8) is 0 Å². The summed E-state index contributed by atoms with van der Waals surface area (Å²) in [6, 6.07) is 20.7. The van der Waals surface area contributed by atoms with E-state index in [1.165, 1.54) is 30.0 Å². The molecule has 2 atom stereocenters. The molecule has 35 heavy (non-hydrogen) atoms. The summed E-state index contributed by atoms with van der Waals surface area (Å²) in [4.78, 5) is 13.3. The molecule has 9 nitrogen and oxygen atoms in total. The Labute approximate surface area is 207 Å². The summed E-state index contributed by atoms with van der Waals surface area (Å²) < 4.78 is 35.3. The summed E-state index contributed by atoms with van der Waals surface area (Å²) in [6.45, 7) is -0.139. The van der Waals surface area contributed by atoms with Crippen molar-refractivity contribution in [2.24, 2.45) is 10.9 Å². The van der Waals surface area contributed by atoms with Crippen LogP contribution >= 0.6 is 11.8 Å². The first-order valence-corrected chi connectivity index (χ1v) is 13.0. The molecule has 0 saturated carbocycles. The van der Waals surface area contributed by atoms with Crippen LogP contribution in [0.5, 0.6) is 5.75 Å². The fourth-order valence-corrected chi connectivity index (χ4v) is 5.52. The van der Waals surface area contributed by atoms with Gasteiger partial charge >= 0.3 is 6.09 Å². The first-order chi connectivity index (χ1) is 16.7. The number of hydrogen-bond donors (Lipinski definition) is 4. The number of amidine groups is 1. The van der Waals surface area contributed by atoms with Crippen molar-refractivity contribution in [2.45, 2.75) is 27.6 Å². The topological polar surface area (TPSA) is 158 Å². The number of sulfonamides is 1. The highest BCUT2D eigenvalue weighted by Gasteiger charge is 2.29. The number of hydrogen-bond acceptors (Lipinski definition) is 7. The average molecular weight is 513 g/mol. The zero-order chi connectivity index (χ0) is 25.0. The van der Waals surface area contributed by atoms with Crippen molar-refractivity contribution in [3.05, 3.63) is 83.9 Å². The van der Waals surface area contributed by atoms with Crippen LogP contribution in [-0.2, 0) is 21.2 Å². The van der Waals surface area contributed by atoms with E-state index < -0.39 is 22.2 Å². The number of nitrogens with two attached hydrogens (primary N) is 2. The molecule has 0 spiro atoms. The molecule has 2 unspecified atom stereocenters. The fraction of sp³-hybridized carbons (Fsp3) is 0.167. The molecular weight excluding hydrogens is 488 g/mol. The SMILES string of the molecule is N=C(N)C1Cc2c(OC(COC(=O)Nc3ccccc3S(N)(=O)=O)c3ccccc3)cccc2S1. The van der Waals surface area contributed by atoms with Crippen LogP contribution in [-0.4, -0.2) is 32.2 Å². The lowest BCUT2D eigenvalue weighted by Crippen LogP contribution is -2.24. The molecule has 4 rings (SSSR count). The van der Waals surface area contributed by atoms with E-state index in [9.17, 15) is 13.2 Å². The Morgan fingerprint density at radius 3 is 2.51 bits per heavy atom. The summed E-state index contributed by atoms with van der Waals surface area (Å²) in [5, 5.41) is 15.3. The molecule has 1 aliphatic rings. The van der Waals surface area contributed by atoms with Crippen molar-refractivity contribution in [1.29, 1.82) is 5.41 Å². The van der Waals surface area contributed by atoms with Gasteiger partial charge in [0.2, 0.25) is 10.0 Å². The molecule has 1 aliphatic heterocycles. The van der Waals surface area contributed by atoms with Crippen molar-refractivity contribution in [1.82, 2.24) is 0 Å². The van der Waals surface area contributed by atoms with E-state index in [0.717, 1.165) is 16.0 Å². The van der Waals surface area contributed by atoms with Crippen LogP contribution in [0.2, 0.25) is 0 Å². The third-order valence-electron chi connectivity index (χ3n) is 5.33. The second-order valence-corrected chi connectivity index (χ2v) is 10.6. The number of nitrogens with one attached hydrogen (secondary N) is 2. The highest BCUT2D eigenvalue weighted by Crippen LogP contribution is 2.42. The predicted octanol–water partition coefficient (Wildman–Crippen LogP) is 3.66. The molecule has 1 heterocycles. The maximum absolute atomic E-state index is 12.5. The molecule has 0 bridgehead atoms. The summed E-state index contributed by atoms with van der Waals surface area (Å²) >= 11 is 1.52. The van der Waals surface area contributed by atoms with E-state index in [1.807, 2.05) is 48.5 Å². The van der Waals surface area contributed by atoms with Crippen LogP contribution in [0.1, 0.15) is 17.2 Å². The standard InChI is InChI=1S/C24H24N4O5S2/c25-23(26)21-13-16-18(10-6-11-20(16)34-21)33-19(15-7-2-1-3-8-15)14-32-24(29)28-17-9-4-5-12-22(17)35(27,30)31/h1-12,19,21H,13-14H2,(H3,25,26)(H,28,29)(H2,27,30,31). The number of anilines is 1. The summed E-state index contributed by atoms with van der Waals surface area (Å²) in [5.41, 5.74) is 7.47. The van der Waals surface area contributed by atoms with Gasteiger partial charge in [0.1, 0.15) is 23.1 Å². The molecule has 0 fully saturated rings. The Morgan fingerprint density at radius 2 is 1.80 bits per heavy atom. The number of benzene rings is 3. The van der Waals surface area contributed by atoms with E-state index in [0.29, 0.717) is 12.2 Å². The second-order valence-electron chi connectivity index (χ2n) is 7.78. The number of carbonyl (C=O) groups is 1. The minimum Gasteiger partial charge on any atom is -0.482 e. The van der Waals surface area contributed by atoms with Crippen LogP contribution in [0.3, 0.4) is 0 Å². The molecule has 0 saturated heterocycles. The number of ether oxygens (including phenoxy) is 2. The number of primary sulfonamides is 1. The molecule has 6 N–H and O–H groups in total. The van der Waals surface area contributed by atoms with Crippen molar-refractivity contribution in [3.8, 4) is 5.75 Å². The lowest BCUT2D eigenvalue weighted by atomic mass is 10.1. The number of rotatable bonds is 8. The maximum atomic E-state index is 12.5. The van der Waals surface area contributed by atoms with Crippen molar-refractivity contribution < 1.29 is 22.7 Å². The molecular formula is C24H24N4O5S2. The Hall–Kier alpha value is -3.54. The third kappa shape index (κ3) is 5.94. The largest absolute Gasteiger partial charge is 0.482 e. The molecule has 3 aromatic rings. The van der Waals surface area contributed by atoms with Gasteiger partial charge in [0.15, 0.2) is 6.10 Å². The first kappa shape index (κ1) is 24.6. The normalized spacial score (nSPS) is 15.6. The minimum absolute atomic E-state index is 0.0188. The van der Waals surface area contributed by atoms with Gasteiger partial charge in [-0.05, 0) is 36.2 Å². The highest BCUT2D eigenvalue weighted by molar-refractivity contribution is 8.01. The van der Waals surface area contributed by atoms with Crippen molar-refractivity contribution in [2.75, 3.05) is 11.9 Å². The fourth-order valence-electron chi connectivity index (χ4n) is 3.66. The molecule has 0 radical (unpaired) electrons. The van der Waals surface area contributed by atoms with Crippen LogP contribution in [0.25, 0.3) is 0 Å². The van der Waals surface area contributed by atoms with Crippen LogP contribution in [0.4, 0.5) is 10.5 Å². The predicted molar refractivity (Wildman–Crippen MR) is 134 cm³/mol. The smallest absolute Gasteiger partial charge is 0.411 e. The minimum atomic E-state index is -4.03. The number of thioether (sulfide) groups is 1. The first-order valence-electron chi connectivity index (χ1n) is 10.6.